The first-order valence-corrected chi connectivity index (χ1v) is 7.29. The summed E-state index contributed by atoms with van der Waals surface area (Å²) in [5.41, 5.74) is 25.7. The Labute approximate surface area is 158 Å². The van der Waals surface area contributed by atoms with E-state index in [0.29, 0.717) is 0 Å². The molecule has 0 heterocycles. The van der Waals surface area contributed by atoms with Crippen LogP contribution in [0.15, 0.2) is 0 Å². The first kappa shape index (κ1) is 25.2. The van der Waals surface area contributed by atoms with Crippen molar-refractivity contribution in [1.82, 2.24) is 0 Å². The summed E-state index contributed by atoms with van der Waals surface area (Å²) >= 11 is 0. The van der Waals surface area contributed by atoms with Gasteiger partial charge in [0.15, 0.2) is 0 Å². The molecule has 4 saturated carbocycles. The molecule has 0 radical (unpaired) electrons. The van der Waals surface area contributed by atoms with Crippen LogP contribution in [0, 0.1) is 21.7 Å². The smallest absolute Gasteiger partial charge is 0.00199 e. The molecule has 0 aromatic heterocycles. The van der Waals surface area contributed by atoms with Crippen LogP contribution in [-0.2, 0) is 0 Å². The third-order valence-corrected chi connectivity index (χ3v) is 6.23. The summed E-state index contributed by atoms with van der Waals surface area (Å²) in [7, 11) is 0. The Bertz CT molecular complexity index is 265. The minimum absolute atomic E-state index is 0. The van der Waals surface area contributed by atoms with Crippen LogP contribution in [0.3, 0.4) is 0 Å². The predicted molar refractivity (Wildman–Crippen MR) is 103 cm³/mol. The maximum absolute atomic E-state index is 6.15. The highest BCUT2D eigenvalue weighted by Crippen LogP contribution is 2.72. The molecule has 4 bridgehead atoms. The molecule has 0 aliphatic heterocycles. The maximum Gasteiger partial charge on any atom is -0.00199 e. The van der Waals surface area contributed by atoms with E-state index in [9.17, 15) is 0 Å². The Balaban J connectivity index is 0. The Morgan fingerprint density at radius 3 is 0.636 bits per heavy atom. The molecule has 22 heavy (non-hydrogen) atoms. The first-order valence-electron chi connectivity index (χ1n) is 7.29. The fourth-order valence-electron chi connectivity index (χ4n) is 6.39. The lowest BCUT2D eigenvalue weighted by atomic mass is 9.35. The van der Waals surface area contributed by atoms with E-state index in [1.165, 1.54) is 38.5 Å². The second-order valence-corrected chi connectivity index (χ2v) is 7.88. The molecule has 4 aliphatic rings. The zero-order valence-corrected chi connectivity index (χ0v) is 16.3. The van der Waals surface area contributed by atoms with Crippen LogP contribution in [0.2, 0.25) is 0 Å². The summed E-state index contributed by atoms with van der Waals surface area (Å²) in [5.74, 6) is 0. The predicted octanol–water partition coefficient (Wildman–Crippen LogP) is 1.84. The molecule has 136 valence electrons. The molecule has 0 amide bonds. The zero-order chi connectivity index (χ0) is 13.1. The number of halogens is 4. The van der Waals surface area contributed by atoms with Gasteiger partial charge in [-0.3, -0.25) is 0 Å². The van der Waals surface area contributed by atoms with Gasteiger partial charge in [-0.15, -0.1) is 49.6 Å². The molecular formula is C14H32Cl4N4. The Morgan fingerprint density at radius 2 is 0.545 bits per heavy atom. The topological polar surface area (TPSA) is 104 Å². The van der Waals surface area contributed by atoms with Crippen molar-refractivity contribution in [3.8, 4) is 0 Å². The summed E-state index contributed by atoms with van der Waals surface area (Å²) < 4.78 is 0. The highest BCUT2D eigenvalue weighted by Gasteiger charge is 2.66. The van der Waals surface area contributed by atoms with Crippen molar-refractivity contribution in [2.75, 3.05) is 26.2 Å². The van der Waals surface area contributed by atoms with Crippen molar-refractivity contribution in [3.05, 3.63) is 0 Å². The second kappa shape index (κ2) is 7.92. The zero-order valence-electron chi connectivity index (χ0n) is 13.0. The second-order valence-electron chi connectivity index (χ2n) is 7.88. The Hall–Kier alpha value is 1.000. The molecule has 0 spiro atoms. The van der Waals surface area contributed by atoms with Gasteiger partial charge in [0, 0.05) is 0 Å². The van der Waals surface area contributed by atoms with E-state index in [-0.39, 0.29) is 71.3 Å². The molecule has 4 aliphatic carbocycles. The molecule has 8 heteroatoms. The van der Waals surface area contributed by atoms with E-state index in [1.807, 2.05) is 0 Å². The van der Waals surface area contributed by atoms with Crippen LogP contribution in [0.5, 0.6) is 0 Å². The normalized spacial score (nSPS) is 44.2. The van der Waals surface area contributed by atoms with E-state index in [0.717, 1.165) is 26.2 Å². The van der Waals surface area contributed by atoms with Crippen LogP contribution in [-0.4, -0.2) is 26.2 Å². The fourth-order valence-corrected chi connectivity index (χ4v) is 6.39. The maximum atomic E-state index is 6.15. The van der Waals surface area contributed by atoms with Gasteiger partial charge in [0.1, 0.15) is 0 Å². The van der Waals surface area contributed by atoms with Gasteiger partial charge in [0.05, 0.1) is 0 Å². The Morgan fingerprint density at radius 1 is 0.409 bits per heavy atom. The van der Waals surface area contributed by atoms with Crippen molar-refractivity contribution >= 4 is 49.6 Å². The van der Waals surface area contributed by atoms with Crippen LogP contribution < -0.4 is 22.9 Å². The fraction of sp³-hybridized carbons (Fsp3) is 1.00. The molecule has 4 fully saturated rings. The van der Waals surface area contributed by atoms with Gasteiger partial charge in [-0.05, 0) is 86.4 Å². The minimum Gasteiger partial charge on any atom is -0.330 e. The Kier molecular flexibility index (Phi) is 9.09. The lowest BCUT2D eigenvalue weighted by molar-refractivity contribution is -0.188. The van der Waals surface area contributed by atoms with Gasteiger partial charge in [-0.25, -0.2) is 0 Å². The van der Waals surface area contributed by atoms with Gasteiger partial charge in [0.25, 0.3) is 0 Å². The third kappa shape index (κ3) is 3.50. The van der Waals surface area contributed by atoms with Gasteiger partial charge in [0.2, 0.25) is 0 Å². The molecular weight excluding hydrogens is 366 g/mol. The van der Waals surface area contributed by atoms with Gasteiger partial charge in [-0.2, -0.15) is 0 Å². The standard InChI is InChI=1S/C14H28N4.4ClH/c15-7-11-1-12(8-16)4-13(2-11,9-17)6-14(3-11,5-12)10-18;;;;/h1-10,15-18H2;4*1H. The van der Waals surface area contributed by atoms with Crippen LogP contribution in [0.4, 0.5) is 0 Å². The summed E-state index contributed by atoms with van der Waals surface area (Å²) in [5, 5.41) is 0. The SMILES string of the molecule is Cl.Cl.Cl.Cl.NCC12CC3(CN)CC(CN)(C1)CC(CN)(C2)C3. The van der Waals surface area contributed by atoms with Crippen molar-refractivity contribution < 1.29 is 0 Å². The lowest BCUT2D eigenvalue weighted by Gasteiger charge is -2.70. The average molecular weight is 398 g/mol. The third-order valence-electron chi connectivity index (χ3n) is 6.23. The van der Waals surface area contributed by atoms with Gasteiger partial charge < -0.3 is 22.9 Å². The van der Waals surface area contributed by atoms with Gasteiger partial charge >= 0.3 is 0 Å². The number of rotatable bonds is 4. The van der Waals surface area contributed by atoms with Crippen molar-refractivity contribution in [3.63, 3.8) is 0 Å². The van der Waals surface area contributed by atoms with Crippen LogP contribution in [0.1, 0.15) is 38.5 Å². The molecule has 8 N–H and O–H groups in total. The minimum atomic E-state index is 0. The molecule has 0 saturated heterocycles. The van der Waals surface area contributed by atoms with E-state index >= 15 is 0 Å². The molecule has 0 atom stereocenters. The van der Waals surface area contributed by atoms with E-state index in [4.69, 9.17) is 22.9 Å². The molecule has 0 unspecified atom stereocenters. The summed E-state index contributed by atoms with van der Waals surface area (Å²) in [6.07, 6.45) is 7.23. The average Bonchev–Trinajstić information content (AvgIpc) is 2.37. The summed E-state index contributed by atoms with van der Waals surface area (Å²) in [4.78, 5) is 0. The number of hydrogen-bond donors (Lipinski definition) is 4. The number of hydrogen-bond acceptors (Lipinski definition) is 4. The van der Waals surface area contributed by atoms with Crippen molar-refractivity contribution in [2.24, 2.45) is 44.6 Å². The van der Waals surface area contributed by atoms with E-state index in [2.05, 4.69) is 0 Å². The monoisotopic (exact) mass is 396 g/mol. The molecule has 4 rings (SSSR count). The van der Waals surface area contributed by atoms with E-state index < -0.39 is 0 Å². The van der Waals surface area contributed by atoms with Crippen molar-refractivity contribution in [1.29, 1.82) is 0 Å². The summed E-state index contributed by atoms with van der Waals surface area (Å²) in [6.45, 7) is 3.10. The summed E-state index contributed by atoms with van der Waals surface area (Å²) in [6, 6.07) is 0. The first-order chi connectivity index (χ1) is 8.49. The lowest BCUT2D eigenvalue weighted by Crippen LogP contribution is -2.67. The highest BCUT2D eigenvalue weighted by molar-refractivity contribution is 5.86. The van der Waals surface area contributed by atoms with Crippen LogP contribution >= 0.6 is 49.6 Å². The highest BCUT2D eigenvalue weighted by atomic mass is 35.5. The van der Waals surface area contributed by atoms with Crippen LogP contribution in [0.25, 0.3) is 0 Å². The van der Waals surface area contributed by atoms with E-state index in [1.54, 1.807) is 0 Å². The molecule has 0 aromatic rings. The molecule has 4 nitrogen and oxygen atoms in total. The molecule has 0 aromatic carbocycles. The van der Waals surface area contributed by atoms with Crippen molar-refractivity contribution in [2.45, 2.75) is 38.5 Å². The number of nitrogens with two attached hydrogens (primary N) is 4. The largest absolute Gasteiger partial charge is 0.330 e. The van der Waals surface area contributed by atoms with Gasteiger partial charge in [-0.1, -0.05) is 0 Å². The quantitative estimate of drug-likeness (QED) is 0.580.